The quantitative estimate of drug-likeness (QED) is 0.133. The van der Waals surface area contributed by atoms with Crippen LogP contribution in [0.15, 0.2) is 30.3 Å². The van der Waals surface area contributed by atoms with E-state index in [1.54, 1.807) is 30.3 Å². The number of carboxylic acid groups (broad SMARTS) is 1. The van der Waals surface area contributed by atoms with Crippen LogP contribution < -0.4 is 27.4 Å². The Hall–Kier alpha value is -3.16. The Morgan fingerprint density at radius 3 is 2.00 bits per heavy atom. The highest BCUT2D eigenvalue weighted by atomic mass is 32.2. The number of carboxylic acids is 1. The third-order valence-corrected chi connectivity index (χ3v) is 5.92. The van der Waals surface area contributed by atoms with E-state index in [9.17, 15) is 34.2 Å². The van der Waals surface area contributed by atoms with E-state index in [1.807, 2.05) is 6.26 Å². The molecule has 200 valence electrons. The van der Waals surface area contributed by atoms with Crippen LogP contribution in [0.3, 0.4) is 0 Å². The van der Waals surface area contributed by atoms with Crippen LogP contribution in [0.2, 0.25) is 0 Å². The van der Waals surface area contributed by atoms with Gasteiger partial charge in [0.2, 0.25) is 23.6 Å². The second-order valence-electron chi connectivity index (χ2n) is 8.26. The summed E-state index contributed by atoms with van der Waals surface area (Å²) in [5, 5.41) is 26.4. The maximum absolute atomic E-state index is 13.1. The highest BCUT2D eigenvalue weighted by Crippen LogP contribution is 2.08. The maximum atomic E-state index is 13.1. The molecular formula is C23H35N5O7S. The smallest absolute Gasteiger partial charge is 0.326 e. The highest BCUT2D eigenvalue weighted by Gasteiger charge is 2.31. The van der Waals surface area contributed by atoms with Crippen molar-refractivity contribution in [2.24, 2.45) is 11.5 Å². The van der Waals surface area contributed by atoms with Crippen molar-refractivity contribution in [3.05, 3.63) is 35.9 Å². The SMILES string of the molecule is CSCCC(NC(=O)C(Cc1ccccc1)NC(=O)C(CCC(N)=O)NC(=O)C(N)C(C)O)C(=O)O. The van der Waals surface area contributed by atoms with E-state index in [2.05, 4.69) is 16.0 Å². The molecular weight excluding hydrogens is 490 g/mol. The summed E-state index contributed by atoms with van der Waals surface area (Å²) in [6.07, 6.45) is 0.414. The summed E-state index contributed by atoms with van der Waals surface area (Å²) in [5.41, 5.74) is 11.5. The van der Waals surface area contributed by atoms with Crippen LogP contribution >= 0.6 is 11.8 Å². The fourth-order valence-corrected chi connectivity index (χ4v) is 3.61. The van der Waals surface area contributed by atoms with Crippen molar-refractivity contribution in [2.75, 3.05) is 12.0 Å². The number of nitrogens with one attached hydrogen (secondary N) is 3. The molecule has 5 unspecified atom stereocenters. The molecule has 13 heteroatoms. The van der Waals surface area contributed by atoms with Crippen LogP contribution in [-0.4, -0.2) is 82.1 Å². The van der Waals surface area contributed by atoms with Gasteiger partial charge in [0.25, 0.3) is 0 Å². The monoisotopic (exact) mass is 525 g/mol. The first-order valence-electron chi connectivity index (χ1n) is 11.3. The average Bonchev–Trinajstić information content (AvgIpc) is 2.83. The van der Waals surface area contributed by atoms with E-state index >= 15 is 0 Å². The number of hydrogen-bond acceptors (Lipinski definition) is 8. The van der Waals surface area contributed by atoms with E-state index in [1.165, 1.54) is 18.7 Å². The molecule has 0 fully saturated rings. The molecule has 0 radical (unpaired) electrons. The fourth-order valence-electron chi connectivity index (χ4n) is 3.14. The van der Waals surface area contributed by atoms with Crippen LogP contribution in [-0.2, 0) is 30.4 Å². The van der Waals surface area contributed by atoms with Crippen LogP contribution in [0.1, 0.15) is 31.7 Å². The van der Waals surface area contributed by atoms with E-state index in [4.69, 9.17) is 11.5 Å². The van der Waals surface area contributed by atoms with Crippen molar-refractivity contribution in [1.29, 1.82) is 0 Å². The molecule has 0 aliphatic rings. The van der Waals surface area contributed by atoms with Gasteiger partial charge in [-0.2, -0.15) is 11.8 Å². The van der Waals surface area contributed by atoms with Crippen molar-refractivity contribution in [1.82, 2.24) is 16.0 Å². The normalized spacial score (nSPS) is 15.0. The zero-order valence-electron chi connectivity index (χ0n) is 20.3. The third kappa shape index (κ3) is 11.1. The Bertz CT molecular complexity index is 900. The number of hydrogen-bond donors (Lipinski definition) is 7. The summed E-state index contributed by atoms with van der Waals surface area (Å²) < 4.78 is 0. The van der Waals surface area contributed by atoms with Gasteiger partial charge in [0.15, 0.2) is 0 Å². The lowest BCUT2D eigenvalue weighted by molar-refractivity contribution is -0.142. The molecule has 0 aliphatic carbocycles. The van der Waals surface area contributed by atoms with Crippen molar-refractivity contribution in [2.45, 2.75) is 62.9 Å². The number of aliphatic hydroxyl groups is 1. The zero-order chi connectivity index (χ0) is 27.3. The van der Waals surface area contributed by atoms with Gasteiger partial charge in [-0.05, 0) is 37.3 Å². The molecule has 4 amide bonds. The van der Waals surface area contributed by atoms with Gasteiger partial charge in [-0.3, -0.25) is 19.2 Å². The largest absolute Gasteiger partial charge is 0.480 e. The topological polar surface area (TPSA) is 214 Å². The molecule has 1 aromatic rings. The molecule has 0 saturated heterocycles. The molecule has 12 nitrogen and oxygen atoms in total. The average molecular weight is 526 g/mol. The van der Waals surface area contributed by atoms with Crippen LogP contribution in [0.4, 0.5) is 0 Å². The standard InChI is InChI=1S/C23H35N5O7S/c1-13(29)19(25)22(33)26-15(8-9-18(24)30)20(31)28-17(12-14-6-4-3-5-7-14)21(32)27-16(23(34)35)10-11-36-2/h3-7,13,15-17,19,29H,8-12,25H2,1-2H3,(H2,24,30)(H,26,33)(H,27,32)(H,28,31)(H,34,35). The van der Waals surface area contributed by atoms with Gasteiger partial charge in [-0.15, -0.1) is 0 Å². The summed E-state index contributed by atoms with van der Waals surface area (Å²) >= 11 is 1.43. The summed E-state index contributed by atoms with van der Waals surface area (Å²) in [6, 6.07) is 3.80. The van der Waals surface area contributed by atoms with Gasteiger partial charge in [-0.1, -0.05) is 30.3 Å². The Balaban J connectivity index is 3.13. The Labute approximate surface area is 213 Å². The van der Waals surface area contributed by atoms with Gasteiger partial charge in [0, 0.05) is 12.8 Å². The molecule has 36 heavy (non-hydrogen) atoms. The maximum Gasteiger partial charge on any atom is 0.326 e. The minimum Gasteiger partial charge on any atom is -0.480 e. The summed E-state index contributed by atoms with van der Waals surface area (Å²) in [4.78, 5) is 61.4. The van der Waals surface area contributed by atoms with E-state index < -0.39 is 59.9 Å². The number of primary amides is 1. The van der Waals surface area contributed by atoms with E-state index in [0.717, 1.165) is 0 Å². The van der Waals surface area contributed by atoms with Crippen LogP contribution in [0, 0.1) is 0 Å². The first-order chi connectivity index (χ1) is 17.0. The molecule has 0 heterocycles. The van der Waals surface area contributed by atoms with E-state index in [0.29, 0.717) is 11.3 Å². The molecule has 1 rings (SSSR count). The lowest BCUT2D eigenvalue weighted by atomic mass is 10.0. The molecule has 5 atom stereocenters. The minimum absolute atomic E-state index is 0.0386. The number of amides is 4. The number of nitrogens with two attached hydrogens (primary N) is 2. The van der Waals surface area contributed by atoms with Crippen molar-refractivity contribution < 1.29 is 34.2 Å². The second kappa shape index (κ2) is 15.8. The predicted octanol–water partition coefficient (Wildman–Crippen LogP) is -1.51. The summed E-state index contributed by atoms with van der Waals surface area (Å²) in [7, 11) is 0. The van der Waals surface area contributed by atoms with Gasteiger partial charge >= 0.3 is 5.97 Å². The molecule has 0 spiro atoms. The second-order valence-corrected chi connectivity index (χ2v) is 9.25. The van der Waals surface area contributed by atoms with Crippen molar-refractivity contribution in [3.63, 3.8) is 0 Å². The lowest BCUT2D eigenvalue weighted by Gasteiger charge is -2.25. The van der Waals surface area contributed by atoms with Crippen LogP contribution in [0.25, 0.3) is 0 Å². The Kier molecular flexibility index (Phi) is 13.5. The first kappa shape index (κ1) is 30.9. The molecule has 0 aromatic heterocycles. The van der Waals surface area contributed by atoms with Gasteiger partial charge in [-0.25, -0.2) is 4.79 Å². The van der Waals surface area contributed by atoms with Gasteiger partial charge in [0.05, 0.1) is 6.10 Å². The molecule has 9 N–H and O–H groups in total. The Morgan fingerprint density at radius 2 is 1.47 bits per heavy atom. The zero-order valence-corrected chi connectivity index (χ0v) is 21.1. The van der Waals surface area contributed by atoms with Crippen molar-refractivity contribution >= 4 is 41.4 Å². The molecule has 0 bridgehead atoms. The van der Waals surface area contributed by atoms with Gasteiger partial charge < -0.3 is 37.6 Å². The van der Waals surface area contributed by atoms with Gasteiger partial charge in [0.1, 0.15) is 24.2 Å². The minimum atomic E-state index is -1.33. The number of benzene rings is 1. The lowest BCUT2D eigenvalue weighted by Crippen LogP contribution is -2.58. The highest BCUT2D eigenvalue weighted by molar-refractivity contribution is 7.98. The predicted molar refractivity (Wildman–Crippen MR) is 135 cm³/mol. The fraction of sp³-hybridized carbons (Fsp3) is 0.522. The molecule has 0 aliphatic heterocycles. The number of thioether (sulfide) groups is 1. The number of aliphatic hydroxyl groups excluding tert-OH is 1. The molecule has 1 aromatic carbocycles. The van der Waals surface area contributed by atoms with Crippen LogP contribution in [0.5, 0.6) is 0 Å². The number of carbonyl (C=O) groups is 5. The first-order valence-corrected chi connectivity index (χ1v) is 12.7. The molecule has 0 saturated carbocycles. The Morgan fingerprint density at radius 1 is 0.917 bits per heavy atom. The summed E-state index contributed by atoms with van der Waals surface area (Å²) in [5.74, 6) is -3.77. The summed E-state index contributed by atoms with van der Waals surface area (Å²) in [6.45, 7) is 1.30. The van der Waals surface area contributed by atoms with E-state index in [-0.39, 0.29) is 25.7 Å². The number of aliphatic carboxylic acids is 1. The van der Waals surface area contributed by atoms with Crippen molar-refractivity contribution in [3.8, 4) is 0 Å². The number of rotatable bonds is 16. The number of carbonyl (C=O) groups excluding carboxylic acids is 4. The third-order valence-electron chi connectivity index (χ3n) is 5.28.